The molecular formula is C18H18F17N2NaO3. The summed E-state index contributed by atoms with van der Waals surface area (Å²) in [7, 11) is 1.38. The third-order valence-electron chi connectivity index (χ3n) is 5.19. The van der Waals surface area contributed by atoms with Crippen LogP contribution in [0.15, 0.2) is 0 Å². The average Bonchev–Trinajstić information content (AvgIpc) is 2.77. The van der Waals surface area contributed by atoms with Crippen LogP contribution in [0.4, 0.5) is 74.6 Å². The molecule has 0 aromatic carbocycles. The average molecular weight is 656 g/mol. The summed E-state index contributed by atoms with van der Waals surface area (Å²) in [5.74, 6) is -60.1. The second kappa shape index (κ2) is 13.6. The van der Waals surface area contributed by atoms with Gasteiger partial charge in [0.1, 0.15) is 0 Å². The molecule has 5 nitrogen and oxygen atoms in total. The first-order valence-corrected chi connectivity index (χ1v) is 10.3. The molecule has 1 amide bonds. The van der Waals surface area contributed by atoms with Gasteiger partial charge in [0, 0.05) is 31.9 Å². The molecule has 0 radical (unpaired) electrons. The molecule has 0 unspecified atom stereocenters. The molecule has 0 atom stereocenters. The maximum atomic E-state index is 13.8. The summed E-state index contributed by atoms with van der Waals surface area (Å²) in [4.78, 5) is 23.1. The Morgan fingerprint density at radius 3 is 1.41 bits per heavy atom. The van der Waals surface area contributed by atoms with Crippen molar-refractivity contribution < 1.29 is 119 Å². The van der Waals surface area contributed by atoms with Crippen molar-refractivity contribution in [3.05, 3.63) is 0 Å². The van der Waals surface area contributed by atoms with Crippen molar-refractivity contribution in [1.82, 2.24) is 10.2 Å². The molecule has 0 aromatic heterocycles. The number of carbonyl (C=O) groups excluding carboxylic acids is 2. The number of hydrogen-bond donors (Lipinski definition) is 1. The number of carbonyl (C=O) groups is 2. The van der Waals surface area contributed by atoms with Crippen LogP contribution in [0.1, 0.15) is 25.7 Å². The Balaban J connectivity index is 0. The van der Waals surface area contributed by atoms with Gasteiger partial charge < -0.3 is 20.1 Å². The Labute approximate surface area is 241 Å². The van der Waals surface area contributed by atoms with Gasteiger partial charge in [0.15, 0.2) is 0 Å². The van der Waals surface area contributed by atoms with Gasteiger partial charge >= 0.3 is 77.2 Å². The van der Waals surface area contributed by atoms with E-state index in [1.165, 1.54) is 11.9 Å². The minimum Gasteiger partial charge on any atom is -0.550 e. The van der Waals surface area contributed by atoms with E-state index in [1.807, 2.05) is 0 Å². The molecule has 238 valence electrons. The van der Waals surface area contributed by atoms with Gasteiger partial charge in [0.2, 0.25) is 5.91 Å². The zero-order chi connectivity index (χ0) is 32.4. The normalized spacial score (nSPS) is 14.6. The Morgan fingerprint density at radius 1 is 0.634 bits per heavy atom. The van der Waals surface area contributed by atoms with Crippen LogP contribution in [0.5, 0.6) is 0 Å². The quantitative estimate of drug-likeness (QED) is 0.155. The molecule has 1 N–H and O–H groups in total. The zero-order valence-electron chi connectivity index (χ0n) is 20.5. The second-order valence-corrected chi connectivity index (χ2v) is 8.28. The maximum Gasteiger partial charge on any atom is 1.00 e. The van der Waals surface area contributed by atoms with E-state index in [2.05, 4.69) is 0 Å². The van der Waals surface area contributed by atoms with Crippen LogP contribution in [-0.2, 0) is 9.59 Å². The monoisotopic (exact) mass is 656 g/mol. The van der Waals surface area contributed by atoms with E-state index in [1.54, 1.807) is 5.32 Å². The number of aliphatic carboxylic acids is 1. The number of carboxylic acids is 1. The van der Waals surface area contributed by atoms with E-state index < -0.39 is 85.3 Å². The van der Waals surface area contributed by atoms with E-state index in [0.29, 0.717) is 0 Å². The molecule has 0 saturated carbocycles. The number of nitrogens with zero attached hydrogens (tertiary/aromatic N) is 1. The second-order valence-electron chi connectivity index (χ2n) is 8.28. The third-order valence-corrected chi connectivity index (χ3v) is 5.19. The Morgan fingerprint density at radius 2 is 1.02 bits per heavy atom. The van der Waals surface area contributed by atoms with Crippen molar-refractivity contribution in [3.63, 3.8) is 0 Å². The summed E-state index contributed by atoms with van der Waals surface area (Å²) < 4.78 is 224. The van der Waals surface area contributed by atoms with E-state index in [4.69, 9.17) is 0 Å². The van der Waals surface area contributed by atoms with E-state index in [9.17, 15) is 89.3 Å². The summed E-state index contributed by atoms with van der Waals surface area (Å²) >= 11 is 0. The Bertz CT molecular complexity index is 896. The van der Waals surface area contributed by atoms with Crippen LogP contribution in [0.3, 0.4) is 0 Å². The fourth-order valence-corrected chi connectivity index (χ4v) is 2.68. The zero-order valence-corrected chi connectivity index (χ0v) is 22.5. The Hall–Kier alpha value is -1.29. The SMILES string of the molecule is CN(CCCNC(=O)CCC(F)(F)C(F)(F)C(F)(F)C(F)(F)C(F)(F)C(F)(F)C(F)(F)C(F)(F)F)CCC(=O)[O-].[Na+]. The van der Waals surface area contributed by atoms with Gasteiger partial charge in [0.05, 0.1) is 0 Å². The van der Waals surface area contributed by atoms with Crippen LogP contribution in [0.2, 0.25) is 0 Å². The number of rotatable bonds is 16. The third kappa shape index (κ3) is 8.21. The summed E-state index contributed by atoms with van der Waals surface area (Å²) in [6, 6.07) is 0. The molecule has 23 heteroatoms. The number of carboxylic acid groups (broad SMARTS) is 1. The van der Waals surface area contributed by atoms with Gasteiger partial charge in [-0.25, -0.2) is 0 Å². The van der Waals surface area contributed by atoms with Gasteiger partial charge in [0.25, 0.3) is 0 Å². The molecule has 0 aliphatic rings. The van der Waals surface area contributed by atoms with Crippen LogP contribution in [0, 0.1) is 0 Å². The van der Waals surface area contributed by atoms with Crippen molar-refractivity contribution in [2.24, 2.45) is 0 Å². The minimum atomic E-state index is -8.70. The molecule has 0 aliphatic heterocycles. The first-order valence-electron chi connectivity index (χ1n) is 10.3. The van der Waals surface area contributed by atoms with E-state index in [-0.39, 0.29) is 49.1 Å². The van der Waals surface area contributed by atoms with Crippen LogP contribution in [-0.4, -0.2) is 91.1 Å². The fourth-order valence-electron chi connectivity index (χ4n) is 2.68. The summed E-state index contributed by atoms with van der Waals surface area (Å²) in [6.45, 7) is -0.454. The predicted molar refractivity (Wildman–Crippen MR) is 94.7 cm³/mol. The van der Waals surface area contributed by atoms with Gasteiger partial charge in [-0.1, -0.05) is 0 Å². The van der Waals surface area contributed by atoms with Crippen molar-refractivity contribution in [1.29, 1.82) is 0 Å². The molecule has 41 heavy (non-hydrogen) atoms. The maximum absolute atomic E-state index is 13.8. The molecule has 0 saturated heterocycles. The Kier molecular flexibility index (Phi) is 13.8. The van der Waals surface area contributed by atoms with E-state index >= 15 is 0 Å². The first-order chi connectivity index (χ1) is 17.5. The van der Waals surface area contributed by atoms with Gasteiger partial charge in [-0.15, -0.1) is 0 Å². The summed E-state index contributed by atoms with van der Waals surface area (Å²) in [5.41, 5.74) is 0. The largest absolute Gasteiger partial charge is 1.00 e. The fraction of sp³-hybridized carbons (Fsp3) is 0.889. The van der Waals surface area contributed by atoms with Gasteiger partial charge in [-0.05, 0) is 26.4 Å². The minimum absolute atomic E-state index is 0. The topological polar surface area (TPSA) is 72.5 Å². The first kappa shape index (κ1) is 41.8. The predicted octanol–water partition coefficient (Wildman–Crippen LogP) is 1.36. The molecule has 0 spiro atoms. The van der Waals surface area contributed by atoms with Gasteiger partial charge in [-0.3, -0.25) is 4.79 Å². The summed E-state index contributed by atoms with van der Waals surface area (Å²) in [5, 5.41) is 12.0. The van der Waals surface area contributed by atoms with Crippen molar-refractivity contribution in [2.75, 3.05) is 26.7 Å². The number of hydrogen-bond acceptors (Lipinski definition) is 4. The molecule has 0 aliphatic carbocycles. The molecule has 0 bridgehead atoms. The van der Waals surface area contributed by atoms with E-state index in [0.717, 1.165) is 0 Å². The molecular weight excluding hydrogens is 638 g/mol. The molecule has 0 fully saturated rings. The van der Waals surface area contributed by atoms with Gasteiger partial charge in [-0.2, -0.15) is 74.6 Å². The standard InChI is InChI=1S/C18H19F17N2O3.Na/c1-37(8-4-10(39)40)7-2-6-36-9(38)3-5-11(19,20)12(21,22)13(23,24)14(25,26)15(27,28)16(29,30)17(31,32)18(33,34)35;/h2-8H2,1H3,(H,36,38)(H,39,40);/q;+1/p-1. The van der Waals surface area contributed by atoms with Crippen molar-refractivity contribution >= 4 is 11.9 Å². The van der Waals surface area contributed by atoms with Crippen molar-refractivity contribution in [3.8, 4) is 0 Å². The smallest absolute Gasteiger partial charge is 0.550 e. The number of alkyl halides is 17. The number of nitrogens with one attached hydrogen (secondary N) is 1. The number of halogens is 17. The van der Waals surface area contributed by atoms with Crippen LogP contribution in [0.25, 0.3) is 0 Å². The summed E-state index contributed by atoms with van der Waals surface area (Å²) in [6.07, 6.45) is -13.0. The van der Waals surface area contributed by atoms with Crippen LogP contribution >= 0.6 is 0 Å². The molecule has 0 heterocycles. The van der Waals surface area contributed by atoms with Crippen LogP contribution < -0.4 is 40.0 Å². The number of amides is 1. The molecule has 0 aromatic rings. The van der Waals surface area contributed by atoms with Crippen molar-refractivity contribution in [2.45, 2.75) is 73.3 Å². The molecule has 0 rings (SSSR count).